The maximum Gasteiger partial charge on any atom is 0.116 e. The first kappa shape index (κ1) is 14.3. The fraction of sp³-hybridized carbons (Fsp3) is 0.286. The highest BCUT2D eigenvalue weighted by Crippen LogP contribution is 2.37. The van der Waals surface area contributed by atoms with Crippen molar-refractivity contribution in [1.29, 1.82) is 0 Å². The van der Waals surface area contributed by atoms with Crippen LogP contribution in [-0.2, 0) is 0 Å². The Hall–Kier alpha value is -1.10. The summed E-state index contributed by atoms with van der Waals surface area (Å²) in [6.07, 6.45) is 4.20. The van der Waals surface area contributed by atoms with Crippen LogP contribution in [0.25, 0.3) is 0 Å². The van der Waals surface area contributed by atoms with E-state index in [1.54, 1.807) is 24.3 Å². The predicted octanol–water partition coefficient (Wildman–Crippen LogP) is 3.70. The molecule has 3 nitrogen and oxygen atoms in total. The van der Waals surface area contributed by atoms with Gasteiger partial charge >= 0.3 is 0 Å². The number of thioether (sulfide) groups is 1. The standard InChI is InChI=1S/C14H16ClN3S/c1-2-12(16)14(10-3-5-11(15)6-4-10)19-13-7-8-17-9-18-13/h3-9,12,14H,2,16H2,1H3. The van der Waals surface area contributed by atoms with E-state index in [0.29, 0.717) is 0 Å². The topological polar surface area (TPSA) is 51.8 Å². The van der Waals surface area contributed by atoms with Gasteiger partial charge in [0, 0.05) is 17.3 Å². The van der Waals surface area contributed by atoms with Gasteiger partial charge in [0.15, 0.2) is 0 Å². The minimum absolute atomic E-state index is 0.0705. The molecular formula is C14H16ClN3S. The van der Waals surface area contributed by atoms with Crippen molar-refractivity contribution in [2.45, 2.75) is 29.7 Å². The van der Waals surface area contributed by atoms with Crippen LogP contribution in [0, 0.1) is 0 Å². The zero-order valence-electron chi connectivity index (χ0n) is 10.7. The molecule has 2 unspecified atom stereocenters. The molecule has 19 heavy (non-hydrogen) atoms. The Morgan fingerprint density at radius 2 is 2.00 bits per heavy atom. The van der Waals surface area contributed by atoms with E-state index in [4.69, 9.17) is 17.3 Å². The molecule has 100 valence electrons. The molecule has 0 aliphatic carbocycles. The molecule has 5 heteroatoms. The van der Waals surface area contributed by atoms with Crippen LogP contribution in [0.4, 0.5) is 0 Å². The molecule has 1 heterocycles. The maximum atomic E-state index is 6.24. The van der Waals surface area contributed by atoms with Gasteiger partial charge in [-0.05, 0) is 30.2 Å². The Morgan fingerprint density at radius 3 is 2.58 bits per heavy atom. The molecule has 1 aromatic heterocycles. The molecule has 2 rings (SSSR count). The van der Waals surface area contributed by atoms with Crippen LogP contribution in [0.1, 0.15) is 24.2 Å². The first-order valence-corrected chi connectivity index (χ1v) is 7.40. The van der Waals surface area contributed by atoms with E-state index in [-0.39, 0.29) is 11.3 Å². The summed E-state index contributed by atoms with van der Waals surface area (Å²) >= 11 is 7.59. The first-order valence-electron chi connectivity index (χ1n) is 6.14. The number of nitrogens with two attached hydrogens (primary N) is 1. The largest absolute Gasteiger partial charge is 0.326 e. The molecule has 0 spiro atoms. The Balaban J connectivity index is 2.23. The smallest absolute Gasteiger partial charge is 0.116 e. The number of halogens is 1. The minimum Gasteiger partial charge on any atom is -0.326 e. The Labute approximate surface area is 122 Å². The van der Waals surface area contributed by atoms with Gasteiger partial charge in [0.1, 0.15) is 6.33 Å². The maximum absolute atomic E-state index is 6.24. The van der Waals surface area contributed by atoms with E-state index in [2.05, 4.69) is 16.9 Å². The summed E-state index contributed by atoms with van der Waals surface area (Å²) in [6, 6.07) is 9.81. The molecule has 0 saturated carbocycles. The van der Waals surface area contributed by atoms with Gasteiger partial charge in [-0.15, -0.1) is 0 Å². The quantitative estimate of drug-likeness (QED) is 0.674. The molecular weight excluding hydrogens is 278 g/mol. The molecule has 2 aromatic rings. The van der Waals surface area contributed by atoms with Crippen LogP contribution in [0.5, 0.6) is 0 Å². The van der Waals surface area contributed by atoms with Crippen molar-refractivity contribution in [2.75, 3.05) is 0 Å². The second-order valence-electron chi connectivity index (χ2n) is 4.21. The molecule has 2 atom stereocenters. The zero-order chi connectivity index (χ0) is 13.7. The Bertz CT molecular complexity index is 504. The average Bonchev–Trinajstić information content (AvgIpc) is 2.46. The van der Waals surface area contributed by atoms with Gasteiger partial charge in [-0.3, -0.25) is 0 Å². The molecule has 0 saturated heterocycles. The average molecular weight is 294 g/mol. The molecule has 0 aliphatic rings. The van der Waals surface area contributed by atoms with Gasteiger partial charge in [0.25, 0.3) is 0 Å². The summed E-state index contributed by atoms with van der Waals surface area (Å²) in [5, 5.41) is 1.83. The van der Waals surface area contributed by atoms with Crippen molar-refractivity contribution in [3.8, 4) is 0 Å². The van der Waals surface area contributed by atoms with Gasteiger partial charge in [-0.25, -0.2) is 9.97 Å². The van der Waals surface area contributed by atoms with E-state index in [0.717, 1.165) is 16.5 Å². The van der Waals surface area contributed by atoms with Crippen LogP contribution in [0.2, 0.25) is 5.02 Å². The van der Waals surface area contributed by atoms with Crippen molar-refractivity contribution >= 4 is 23.4 Å². The van der Waals surface area contributed by atoms with Crippen LogP contribution >= 0.6 is 23.4 Å². The highest BCUT2D eigenvalue weighted by atomic mass is 35.5. The van der Waals surface area contributed by atoms with Gasteiger partial charge in [0.05, 0.1) is 10.3 Å². The second kappa shape index (κ2) is 6.89. The summed E-state index contributed by atoms with van der Waals surface area (Å²) in [7, 11) is 0. The summed E-state index contributed by atoms with van der Waals surface area (Å²) < 4.78 is 0. The molecule has 0 bridgehead atoms. The summed E-state index contributed by atoms with van der Waals surface area (Å²) in [6.45, 7) is 2.09. The number of benzene rings is 1. The Kier molecular flexibility index (Phi) is 5.19. The van der Waals surface area contributed by atoms with Gasteiger partial charge < -0.3 is 5.73 Å². The van der Waals surface area contributed by atoms with Gasteiger partial charge in [0.2, 0.25) is 0 Å². The molecule has 0 amide bonds. The number of rotatable bonds is 5. The monoisotopic (exact) mass is 293 g/mol. The lowest BCUT2D eigenvalue weighted by atomic mass is 10.0. The van der Waals surface area contributed by atoms with Crippen molar-refractivity contribution in [2.24, 2.45) is 5.73 Å². The summed E-state index contributed by atoms with van der Waals surface area (Å²) in [5.41, 5.74) is 7.41. The van der Waals surface area contributed by atoms with Gasteiger partial charge in [-0.1, -0.05) is 42.4 Å². The normalized spacial score (nSPS) is 14.1. The molecule has 0 radical (unpaired) electrons. The van der Waals surface area contributed by atoms with E-state index in [1.165, 1.54) is 5.56 Å². The lowest BCUT2D eigenvalue weighted by molar-refractivity contribution is 0.633. The third-order valence-electron chi connectivity index (χ3n) is 2.86. The zero-order valence-corrected chi connectivity index (χ0v) is 12.2. The van der Waals surface area contributed by atoms with E-state index >= 15 is 0 Å². The highest BCUT2D eigenvalue weighted by molar-refractivity contribution is 7.99. The van der Waals surface area contributed by atoms with Crippen molar-refractivity contribution in [3.05, 3.63) is 53.4 Å². The summed E-state index contributed by atoms with van der Waals surface area (Å²) in [5.74, 6) is 0. The molecule has 0 aliphatic heterocycles. The van der Waals surface area contributed by atoms with Gasteiger partial charge in [-0.2, -0.15) is 0 Å². The predicted molar refractivity (Wildman–Crippen MR) is 80.3 cm³/mol. The van der Waals surface area contributed by atoms with E-state index in [1.807, 2.05) is 30.3 Å². The lowest BCUT2D eigenvalue weighted by Gasteiger charge is -2.22. The first-order chi connectivity index (χ1) is 9.20. The highest BCUT2D eigenvalue weighted by Gasteiger charge is 2.20. The number of aromatic nitrogens is 2. The number of nitrogens with zero attached hydrogens (tertiary/aromatic N) is 2. The third-order valence-corrected chi connectivity index (χ3v) is 4.47. The second-order valence-corrected chi connectivity index (χ2v) is 5.81. The SMILES string of the molecule is CCC(N)C(Sc1ccncn1)c1ccc(Cl)cc1. The van der Waals surface area contributed by atoms with Crippen LogP contribution < -0.4 is 5.73 Å². The molecule has 0 fully saturated rings. The third kappa shape index (κ3) is 3.93. The van der Waals surface area contributed by atoms with Crippen LogP contribution in [-0.4, -0.2) is 16.0 Å². The van der Waals surface area contributed by atoms with Crippen molar-refractivity contribution in [3.63, 3.8) is 0 Å². The molecule has 1 aromatic carbocycles. The fourth-order valence-electron chi connectivity index (χ4n) is 1.75. The van der Waals surface area contributed by atoms with Crippen molar-refractivity contribution < 1.29 is 0 Å². The minimum atomic E-state index is 0.0705. The number of hydrogen-bond acceptors (Lipinski definition) is 4. The molecule has 2 N–H and O–H groups in total. The lowest BCUT2D eigenvalue weighted by Crippen LogP contribution is -2.25. The van der Waals surface area contributed by atoms with E-state index < -0.39 is 0 Å². The van der Waals surface area contributed by atoms with E-state index in [9.17, 15) is 0 Å². The summed E-state index contributed by atoms with van der Waals surface area (Å²) in [4.78, 5) is 8.18. The van der Waals surface area contributed by atoms with Crippen LogP contribution in [0.3, 0.4) is 0 Å². The van der Waals surface area contributed by atoms with Crippen LogP contribution in [0.15, 0.2) is 47.9 Å². The Morgan fingerprint density at radius 1 is 1.26 bits per heavy atom. The fourth-order valence-corrected chi connectivity index (χ4v) is 3.04. The van der Waals surface area contributed by atoms with Crippen molar-refractivity contribution in [1.82, 2.24) is 9.97 Å². The number of hydrogen-bond donors (Lipinski definition) is 1.